The first kappa shape index (κ1) is 16.0. The summed E-state index contributed by atoms with van der Waals surface area (Å²) in [5.41, 5.74) is 3.36. The molecule has 0 N–H and O–H groups in total. The lowest BCUT2D eigenvalue weighted by Gasteiger charge is -2.33. The molecule has 0 saturated carbocycles. The number of benzene rings is 3. The second-order valence-corrected chi connectivity index (χ2v) is 8.07. The normalized spacial score (nSPS) is 19.5. The first-order valence-electron chi connectivity index (χ1n) is 8.88. The largest absolute Gasteiger partial charge is 0.477 e. The van der Waals surface area contributed by atoms with Crippen molar-refractivity contribution in [2.75, 3.05) is 0 Å². The molecule has 0 spiro atoms. The zero-order chi connectivity index (χ0) is 17.7. The number of hydrogen-bond acceptors (Lipinski definition) is 1. The fraction of sp³-hybridized carbons (Fsp3) is 0.250. The molecule has 1 heteroatoms. The van der Waals surface area contributed by atoms with Crippen LogP contribution in [0.15, 0.2) is 66.7 Å². The Morgan fingerprint density at radius 2 is 1.56 bits per heavy atom. The van der Waals surface area contributed by atoms with E-state index in [-0.39, 0.29) is 5.41 Å². The average molecular weight is 328 g/mol. The highest BCUT2D eigenvalue weighted by atomic mass is 16.5. The molecule has 0 amide bonds. The van der Waals surface area contributed by atoms with E-state index in [1.807, 2.05) is 0 Å². The van der Waals surface area contributed by atoms with Crippen LogP contribution in [0.4, 0.5) is 0 Å². The molecule has 0 aromatic heterocycles. The topological polar surface area (TPSA) is 9.23 Å². The molecule has 3 aromatic carbocycles. The molecule has 1 aliphatic rings. The highest BCUT2D eigenvalue weighted by Crippen LogP contribution is 2.41. The zero-order valence-electron chi connectivity index (χ0n) is 15.3. The van der Waals surface area contributed by atoms with Gasteiger partial charge in [0, 0.05) is 10.9 Å². The van der Waals surface area contributed by atoms with Crippen LogP contribution < -0.4 is 4.74 Å². The van der Waals surface area contributed by atoms with E-state index in [4.69, 9.17) is 4.74 Å². The molecule has 1 heterocycles. The molecule has 0 saturated heterocycles. The van der Waals surface area contributed by atoms with Gasteiger partial charge in [0.2, 0.25) is 0 Å². The molecule has 3 aromatic rings. The minimum Gasteiger partial charge on any atom is -0.477 e. The van der Waals surface area contributed by atoms with Crippen molar-refractivity contribution < 1.29 is 4.74 Å². The molecule has 0 aliphatic carbocycles. The molecule has 0 unspecified atom stereocenters. The van der Waals surface area contributed by atoms with E-state index in [2.05, 4.69) is 101 Å². The summed E-state index contributed by atoms with van der Waals surface area (Å²) >= 11 is 0. The van der Waals surface area contributed by atoms with Gasteiger partial charge in [0.25, 0.3) is 0 Å². The predicted molar refractivity (Wildman–Crippen MR) is 106 cm³/mol. The molecule has 126 valence electrons. The molecule has 0 radical (unpaired) electrons. The molecular weight excluding hydrogens is 304 g/mol. The van der Waals surface area contributed by atoms with Crippen molar-refractivity contribution in [1.82, 2.24) is 0 Å². The van der Waals surface area contributed by atoms with Crippen molar-refractivity contribution in [3.8, 4) is 5.75 Å². The molecule has 25 heavy (non-hydrogen) atoms. The maximum Gasteiger partial charge on any atom is 0.150 e. The summed E-state index contributed by atoms with van der Waals surface area (Å²) in [6.45, 7) is 8.86. The van der Waals surface area contributed by atoms with Crippen molar-refractivity contribution in [3.63, 3.8) is 0 Å². The zero-order valence-corrected chi connectivity index (χ0v) is 15.3. The lowest BCUT2D eigenvalue weighted by molar-refractivity contribution is 0.140. The molecular formula is C24H24O. The standard InChI is InChI=1S/C24H24O/c1-23(2,3)19-11-13-20(14-12-19)24(4)16-15-18-10-9-17-7-5-6-8-21(17)22(18)25-24/h5-16H,1-4H3/t24-/m1/s1. The third kappa shape index (κ3) is 2.74. The smallest absolute Gasteiger partial charge is 0.150 e. The summed E-state index contributed by atoms with van der Waals surface area (Å²) in [6, 6.07) is 21.5. The Hall–Kier alpha value is -2.54. The minimum absolute atomic E-state index is 0.158. The van der Waals surface area contributed by atoms with Crippen molar-refractivity contribution in [2.24, 2.45) is 0 Å². The van der Waals surface area contributed by atoms with E-state index in [9.17, 15) is 0 Å². The Bertz CT molecular complexity index is 958. The lowest BCUT2D eigenvalue weighted by atomic mass is 9.84. The minimum atomic E-state index is -0.451. The third-order valence-corrected chi connectivity index (χ3v) is 5.13. The van der Waals surface area contributed by atoms with Gasteiger partial charge in [-0.05, 0) is 34.9 Å². The summed E-state index contributed by atoms with van der Waals surface area (Å²) in [5, 5.41) is 2.38. The van der Waals surface area contributed by atoms with E-state index in [1.54, 1.807) is 0 Å². The van der Waals surface area contributed by atoms with Crippen LogP contribution in [0.3, 0.4) is 0 Å². The predicted octanol–water partition coefficient (Wildman–Crippen LogP) is 6.46. The second-order valence-electron chi connectivity index (χ2n) is 8.07. The summed E-state index contributed by atoms with van der Waals surface area (Å²) in [7, 11) is 0. The van der Waals surface area contributed by atoms with Crippen LogP contribution in [-0.4, -0.2) is 0 Å². The van der Waals surface area contributed by atoms with Gasteiger partial charge >= 0.3 is 0 Å². The Morgan fingerprint density at radius 1 is 0.840 bits per heavy atom. The van der Waals surface area contributed by atoms with Crippen LogP contribution in [-0.2, 0) is 11.0 Å². The van der Waals surface area contributed by atoms with E-state index >= 15 is 0 Å². The molecule has 1 aliphatic heterocycles. The molecule has 4 rings (SSSR count). The van der Waals surface area contributed by atoms with Crippen molar-refractivity contribution >= 4 is 16.8 Å². The van der Waals surface area contributed by atoms with Crippen molar-refractivity contribution in [1.29, 1.82) is 0 Å². The van der Waals surface area contributed by atoms with Crippen LogP contribution in [0.5, 0.6) is 5.75 Å². The van der Waals surface area contributed by atoms with E-state index < -0.39 is 5.60 Å². The molecule has 1 atom stereocenters. The maximum atomic E-state index is 6.56. The van der Waals surface area contributed by atoms with Crippen LogP contribution in [0.2, 0.25) is 0 Å². The quantitative estimate of drug-likeness (QED) is 0.498. The first-order valence-corrected chi connectivity index (χ1v) is 8.88. The average Bonchev–Trinajstić information content (AvgIpc) is 2.61. The van der Waals surface area contributed by atoms with Crippen molar-refractivity contribution in [3.05, 3.63) is 83.4 Å². The van der Waals surface area contributed by atoms with Crippen molar-refractivity contribution in [2.45, 2.75) is 38.7 Å². The van der Waals surface area contributed by atoms with Gasteiger partial charge in [0.1, 0.15) is 11.4 Å². The Labute approximate surface area is 150 Å². The van der Waals surface area contributed by atoms with E-state index in [0.717, 1.165) is 11.3 Å². The first-order chi connectivity index (χ1) is 11.9. The molecule has 1 nitrogen and oxygen atoms in total. The number of fused-ring (bicyclic) bond motifs is 3. The highest BCUT2D eigenvalue weighted by molar-refractivity contribution is 5.92. The van der Waals surface area contributed by atoms with Gasteiger partial charge < -0.3 is 4.74 Å². The summed E-state index contributed by atoms with van der Waals surface area (Å²) < 4.78 is 6.56. The van der Waals surface area contributed by atoms with Gasteiger partial charge in [0.15, 0.2) is 0 Å². The van der Waals surface area contributed by atoms with Gasteiger partial charge in [0.05, 0.1) is 0 Å². The van der Waals surface area contributed by atoms with Gasteiger partial charge in [-0.15, -0.1) is 0 Å². The summed E-state index contributed by atoms with van der Waals surface area (Å²) in [4.78, 5) is 0. The van der Waals surface area contributed by atoms with Crippen LogP contribution in [0.25, 0.3) is 16.8 Å². The van der Waals surface area contributed by atoms with Gasteiger partial charge in [-0.2, -0.15) is 0 Å². The fourth-order valence-corrected chi connectivity index (χ4v) is 3.46. The number of ether oxygens (including phenoxy) is 1. The Kier molecular flexibility index (Phi) is 3.50. The summed E-state index contributed by atoms with van der Waals surface area (Å²) in [6.07, 6.45) is 4.35. The van der Waals surface area contributed by atoms with Crippen LogP contribution in [0, 0.1) is 0 Å². The lowest BCUT2D eigenvalue weighted by Crippen LogP contribution is -2.29. The van der Waals surface area contributed by atoms with Crippen LogP contribution in [0.1, 0.15) is 44.4 Å². The SMILES string of the molecule is CC(C)(C)c1ccc([C@@]2(C)C=Cc3ccc4ccccc4c3O2)cc1. The summed E-state index contributed by atoms with van der Waals surface area (Å²) in [5.74, 6) is 0.975. The third-order valence-electron chi connectivity index (χ3n) is 5.13. The fourth-order valence-electron chi connectivity index (χ4n) is 3.46. The van der Waals surface area contributed by atoms with Gasteiger partial charge in [-0.25, -0.2) is 0 Å². The van der Waals surface area contributed by atoms with E-state index in [1.165, 1.54) is 21.9 Å². The number of hydrogen-bond donors (Lipinski definition) is 0. The maximum absolute atomic E-state index is 6.56. The number of rotatable bonds is 1. The van der Waals surface area contributed by atoms with Gasteiger partial charge in [-0.3, -0.25) is 0 Å². The molecule has 0 fully saturated rings. The van der Waals surface area contributed by atoms with Crippen LogP contribution >= 0.6 is 0 Å². The Balaban J connectivity index is 1.77. The van der Waals surface area contributed by atoms with Gasteiger partial charge in [-0.1, -0.05) is 87.5 Å². The highest BCUT2D eigenvalue weighted by Gasteiger charge is 2.30. The second kappa shape index (κ2) is 5.49. The monoisotopic (exact) mass is 328 g/mol. The Morgan fingerprint density at radius 3 is 2.28 bits per heavy atom. The van der Waals surface area contributed by atoms with E-state index in [0.29, 0.717) is 0 Å². The molecule has 0 bridgehead atoms.